The molecule has 0 spiro atoms. The van der Waals surface area contributed by atoms with E-state index in [1.54, 1.807) is 0 Å². The SMILES string of the molecule is COCCNC(=O)C[C@@H]1O[C@H](CNS(=O)(=O)c2ccc(Cl)cc2)[C@@H](O)[C@H]1O. The van der Waals surface area contributed by atoms with Gasteiger partial charge in [-0.1, -0.05) is 11.6 Å². The molecule has 0 unspecified atom stereocenters. The Morgan fingerprint density at radius 1 is 1.22 bits per heavy atom. The molecular formula is C16H23ClN2O7S. The fourth-order valence-electron chi connectivity index (χ4n) is 2.60. The molecule has 11 heteroatoms. The van der Waals surface area contributed by atoms with E-state index >= 15 is 0 Å². The van der Waals surface area contributed by atoms with E-state index < -0.39 is 34.4 Å². The highest BCUT2D eigenvalue weighted by atomic mass is 35.5. The molecule has 0 radical (unpaired) electrons. The van der Waals surface area contributed by atoms with Crippen molar-refractivity contribution < 1.29 is 32.9 Å². The summed E-state index contributed by atoms with van der Waals surface area (Å²) in [5, 5.41) is 23.1. The third-order valence-corrected chi connectivity index (χ3v) is 5.77. The zero-order valence-corrected chi connectivity index (χ0v) is 16.2. The van der Waals surface area contributed by atoms with Crippen LogP contribution in [0.3, 0.4) is 0 Å². The number of aliphatic hydroxyl groups is 2. The van der Waals surface area contributed by atoms with E-state index in [1.165, 1.54) is 31.4 Å². The summed E-state index contributed by atoms with van der Waals surface area (Å²) >= 11 is 5.74. The number of carbonyl (C=O) groups excluding carboxylic acids is 1. The van der Waals surface area contributed by atoms with Crippen molar-refractivity contribution in [1.82, 2.24) is 10.0 Å². The standard InChI is InChI=1S/C16H23ClN2O7S/c1-25-7-6-18-14(20)8-12-15(21)16(22)13(26-12)9-19-27(23,24)11-4-2-10(17)3-5-11/h2-5,12-13,15-16,19,21-22H,6-9H2,1H3,(H,18,20)/t12-,13+,15-,16+/m0/s1. The fraction of sp³-hybridized carbons (Fsp3) is 0.562. The van der Waals surface area contributed by atoms with Crippen LogP contribution in [-0.4, -0.2) is 75.8 Å². The lowest BCUT2D eigenvalue weighted by atomic mass is 10.1. The minimum absolute atomic E-state index is 0.00834. The first kappa shape index (κ1) is 22.0. The largest absolute Gasteiger partial charge is 0.388 e. The van der Waals surface area contributed by atoms with Gasteiger partial charge in [0.25, 0.3) is 0 Å². The highest BCUT2D eigenvalue weighted by molar-refractivity contribution is 7.89. The monoisotopic (exact) mass is 422 g/mol. The van der Waals surface area contributed by atoms with Crippen LogP contribution in [0.2, 0.25) is 5.02 Å². The molecule has 4 atom stereocenters. The van der Waals surface area contributed by atoms with Gasteiger partial charge in [0, 0.05) is 25.2 Å². The van der Waals surface area contributed by atoms with Crippen LogP contribution in [0.1, 0.15) is 6.42 Å². The molecule has 0 saturated carbocycles. The van der Waals surface area contributed by atoms with Gasteiger partial charge in [0.1, 0.15) is 18.3 Å². The molecule has 2 rings (SSSR count). The number of rotatable bonds is 9. The molecule has 0 bridgehead atoms. The summed E-state index contributed by atoms with van der Waals surface area (Å²) < 4.78 is 37.1. The molecule has 1 aromatic carbocycles. The summed E-state index contributed by atoms with van der Waals surface area (Å²) in [6.45, 7) is 0.396. The van der Waals surface area contributed by atoms with Crippen molar-refractivity contribution in [2.45, 2.75) is 35.7 Å². The predicted octanol–water partition coefficient (Wildman–Crippen LogP) is -0.740. The second-order valence-electron chi connectivity index (χ2n) is 6.05. The summed E-state index contributed by atoms with van der Waals surface area (Å²) in [6, 6.07) is 5.58. The first-order valence-corrected chi connectivity index (χ1v) is 10.1. The van der Waals surface area contributed by atoms with Gasteiger partial charge in [-0.2, -0.15) is 0 Å². The Morgan fingerprint density at radius 3 is 2.48 bits per heavy atom. The second kappa shape index (κ2) is 9.78. The van der Waals surface area contributed by atoms with Gasteiger partial charge >= 0.3 is 0 Å². The van der Waals surface area contributed by atoms with Crippen molar-refractivity contribution in [3.8, 4) is 0 Å². The Balaban J connectivity index is 1.89. The molecule has 1 heterocycles. The first-order chi connectivity index (χ1) is 12.7. The molecular weight excluding hydrogens is 400 g/mol. The number of aliphatic hydroxyl groups excluding tert-OH is 2. The molecule has 9 nitrogen and oxygen atoms in total. The summed E-state index contributed by atoms with van der Waals surface area (Å²) in [7, 11) is -2.33. The highest BCUT2D eigenvalue weighted by Gasteiger charge is 2.43. The number of methoxy groups -OCH3 is 1. The van der Waals surface area contributed by atoms with Gasteiger partial charge in [0.15, 0.2) is 0 Å². The van der Waals surface area contributed by atoms with Crippen LogP contribution in [0.15, 0.2) is 29.2 Å². The number of carbonyl (C=O) groups is 1. The molecule has 4 N–H and O–H groups in total. The number of benzene rings is 1. The van der Waals surface area contributed by atoms with E-state index in [4.69, 9.17) is 21.1 Å². The lowest BCUT2D eigenvalue weighted by Crippen LogP contribution is -2.40. The smallest absolute Gasteiger partial charge is 0.240 e. The maximum absolute atomic E-state index is 12.3. The maximum Gasteiger partial charge on any atom is 0.240 e. The Kier molecular flexibility index (Phi) is 7.98. The Bertz CT molecular complexity index is 729. The van der Waals surface area contributed by atoms with E-state index in [-0.39, 0.29) is 23.8 Å². The van der Waals surface area contributed by atoms with Crippen molar-refractivity contribution in [3.63, 3.8) is 0 Å². The number of amides is 1. The molecule has 1 amide bonds. The second-order valence-corrected chi connectivity index (χ2v) is 8.25. The highest BCUT2D eigenvalue weighted by Crippen LogP contribution is 2.24. The maximum atomic E-state index is 12.3. The van der Waals surface area contributed by atoms with Crippen LogP contribution in [0.5, 0.6) is 0 Å². The molecule has 27 heavy (non-hydrogen) atoms. The quantitative estimate of drug-likeness (QED) is 0.385. The first-order valence-electron chi connectivity index (χ1n) is 8.27. The Hall–Kier alpha value is -1.27. The number of ether oxygens (including phenoxy) is 2. The normalized spacial score (nSPS) is 25.5. The molecule has 1 aliphatic rings. The van der Waals surface area contributed by atoms with Gasteiger partial charge in [-0.3, -0.25) is 4.79 Å². The predicted molar refractivity (Wildman–Crippen MR) is 96.8 cm³/mol. The summed E-state index contributed by atoms with van der Waals surface area (Å²) in [6.07, 6.45) is -4.72. The van der Waals surface area contributed by atoms with Crippen molar-refractivity contribution >= 4 is 27.5 Å². The van der Waals surface area contributed by atoms with Crippen molar-refractivity contribution in [2.24, 2.45) is 0 Å². The van der Waals surface area contributed by atoms with Gasteiger partial charge in [-0.25, -0.2) is 13.1 Å². The van der Waals surface area contributed by atoms with Crippen molar-refractivity contribution in [3.05, 3.63) is 29.3 Å². The lowest BCUT2D eigenvalue weighted by molar-refractivity contribution is -0.125. The topological polar surface area (TPSA) is 134 Å². The van der Waals surface area contributed by atoms with Crippen molar-refractivity contribution in [1.29, 1.82) is 0 Å². The van der Waals surface area contributed by atoms with Gasteiger partial charge in [-0.15, -0.1) is 0 Å². The number of halogens is 1. The average Bonchev–Trinajstić information content (AvgIpc) is 2.88. The lowest BCUT2D eigenvalue weighted by Gasteiger charge is -2.15. The molecule has 0 aromatic heterocycles. The third kappa shape index (κ3) is 6.11. The van der Waals surface area contributed by atoms with E-state index in [0.29, 0.717) is 18.2 Å². The average molecular weight is 423 g/mol. The van der Waals surface area contributed by atoms with E-state index in [9.17, 15) is 23.4 Å². The van der Waals surface area contributed by atoms with Crippen LogP contribution < -0.4 is 10.0 Å². The van der Waals surface area contributed by atoms with Crippen molar-refractivity contribution in [2.75, 3.05) is 26.8 Å². The van der Waals surface area contributed by atoms with Crippen LogP contribution in [0.4, 0.5) is 0 Å². The van der Waals surface area contributed by atoms with E-state index in [1.807, 2.05) is 0 Å². The number of hydrogen-bond acceptors (Lipinski definition) is 7. The number of hydrogen-bond donors (Lipinski definition) is 4. The minimum Gasteiger partial charge on any atom is -0.388 e. The zero-order valence-electron chi connectivity index (χ0n) is 14.7. The molecule has 1 fully saturated rings. The Labute approximate surface area is 162 Å². The van der Waals surface area contributed by atoms with Crippen LogP contribution in [0.25, 0.3) is 0 Å². The molecule has 1 aliphatic heterocycles. The number of nitrogens with one attached hydrogen (secondary N) is 2. The summed E-state index contributed by atoms with van der Waals surface area (Å²) in [5.41, 5.74) is 0. The fourth-order valence-corrected chi connectivity index (χ4v) is 3.77. The van der Waals surface area contributed by atoms with Gasteiger partial charge < -0.3 is 25.0 Å². The molecule has 152 valence electrons. The van der Waals surface area contributed by atoms with Crippen LogP contribution in [-0.2, 0) is 24.3 Å². The molecule has 1 aromatic rings. The van der Waals surface area contributed by atoms with Gasteiger partial charge in [0.05, 0.1) is 24.0 Å². The summed E-state index contributed by atoms with van der Waals surface area (Å²) in [5.74, 6) is -0.370. The third-order valence-electron chi connectivity index (χ3n) is 4.07. The molecule has 1 saturated heterocycles. The molecule has 0 aliphatic carbocycles. The summed E-state index contributed by atoms with van der Waals surface area (Å²) in [4.78, 5) is 11.8. The van der Waals surface area contributed by atoms with Crippen LogP contribution >= 0.6 is 11.6 Å². The van der Waals surface area contributed by atoms with E-state index in [0.717, 1.165) is 0 Å². The zero-order chi connectivity index (χ0) is 20.0. The van der Waals surface area contributed by atoms with Gasteiger partial charge in [-0.05, 0) is 24.3 Å². The Morgan fingerprint density at radius 2 is 1.85 bits per heavy atom. The number of sulfonamides is 1. The van der Waals surface area contributed by atoms with Gasteiger partial charge in [0.2, 0.25) is 15.9 Å². The van der Waals surface area contributed by atoms with E-state index in [2.05, 4.69) is 10.0 Å². The minimum atomic E-state index is -3.84. The van der Waals surface area contributed by atoms with Crippen LogP contribution in [0, 0.1) is 0 Å².